The van der Waals surface area contributed by atoms with E-state index in [0.29, 0.717) is 0 Å². The van der Waals surface area contributed by atoms with Crippen molar-refractivity contribution in [2.24, 2.45) is 0 Å². The van der Waals surface area contributed by atoms with Crippen LogP contribution in [0, 0.1) is 0 Å². The van der Waals surface area contributed by atoms with Gasteiger partial charge in [-0.1, -0.05) is 24.3 Å². The number of rotatable bonds is 4. The van der Waals surface area contributed by atoms with E-state index in [1.54, 1.807) is 18.9 Å². The van der Waals surface area contributed by atoms with Crippen molar-refractivity contribution in [3.63, 3.8) is 0 Å². The van der Waals surface area contributed by atoms with Crippen molar-refractivity contribution < 1.29 is 29.9 Å². The first-order valence-electron chi connectivity index (χ1n) is 9.24. The largest absolute Gasteiger partial charge is 0.497 e. The highest BCUT2D eigenvalue weighted by atomic mass is 32.2. The number of aliphatic hydroxyl groups is 4. The molecule has 2 aromatic rings. The Balaban J connectivity index is 1.64. The Kier molecular flexibility index (Phi) is 5.64. The van der Waals surface area contributed by atoms with Crippen LogP contribution in [0.5, 0.6) is 5.75 Å². The fraction of sp³-hybridized carbons (Fsp3) is 0.429. The average molecular weight is 404 g/mol. The van der Waals surface area contributed by atoms with Gasteiger partial charge >= 0.3 is 0 Å². The monoisotopic (exact) mass is 404 g/mol. The third kappa shape index (κ3) is 3.43. The quantitative estimate of drug-likeness (QED) is 0.612. The van der Waals surface area contributed by atoms with Crippen LogP contribution in [0.15, 0.2) is 47.4 Å². The summed E-state index contributed by atoms with van der Waals surface area (Å²) in [6.07, 6.45) is -5.74. The van der Waals surface area contributed by atoms with Crippen LogP contribution in [0.2, 0.25) is 0 Å². The fourth-order valence-corrected chi connectivity index (χ4v) is 5.15. The lowest BCUT2D eigenvalue weighted by molar-refractivity contribution is -0.231. The summed E-state index contributed by atoms with van der Waals surface area (Å²) in [5, 5.41) is 40.0. The van der Waals surface area contributed by atoms with Gasteiger partial charge in [0.15, 0.2) is 0 Å². The average Bonchev–Trinajstić information content (AvgIpc) is 3.15. The maximum absolute atomic E-state index is 10.4. The molecule has 6 nitrogen and oxygen atoms in total. The minimum atomic E-state index is -1.38. The minimum absolute atomic E-state index is 0.204. The van der Waals surface area contributed by atoms with E-state index < -0.39 is 37.1 Å². The Morgan fingerprint density at radius 3 is 2.39 bits per heavy atom. The Morgan fingerprint density at radius 1 is 1.00 bits per heavy atom. The number of methoxy groups -OCH3 is 1. The van der Waals surface area contributed by atoms with Crippen molar-refractivity contribution in [1.29, 1.82) is 0 Å². The summed E-state index contributed by atoms with van der Waals surface area (Å²) in [6, 6.07) is 13.9. The number of ether oxygens (including phenoxy) is 2. The molecule has 0 radical (unpaired) electrons. The van der Waals surface area contributed by atoms with Crippen molar-refractivity contribution in [2.75, 3.05) is 19.5 Å². The summed E-state index contributed by atoms with van der Waals surface area (Å²) >= 11 is 1.78. The summed E-state index contributed by atoms with van der Waals surface area (Å²) in [4.78, 5) is 1.18. The molecule has 28 heavy (non-hydrogen) atoms. The van der Waals surface area contributed by atoms with E-state index in [-0.39, 0.29) is 5.92 Å². The number of fused-ring (bicyclic) bond motifs is 1. The molecule has 2 aliphatic heterocycles. The molecule has 4 rings (SSSR count). The molecule has 150 valence electrons. The predicted molar refractivity (Wildman–Crippen MR) is 105 cm³/mol. The molecule has 0 bridgehead atoms. The molecule has 1 fully saturated rings. The zero-order chi connectivity index (χ0) is 19.8. The number of hydrogen-bond acceptors (Lipinski definition) is 7. The number of hydrogen-bond donors (Lipinski definition) is 4. The Bertz CT molecular complexity index is 824. The molecular weight excluding hydrogens is 380 g/mol. The van der Waals surface area contributed by atoms with E-state index in [0.717, 1.165) is 22.6 Å². The van der Waals surface area contributed by atoms with Gasteiger partial charge in [0.2, 0.25) is 0 Å². The molecule has 0 amide bonds. The predicted octanol–water partition coefficient (Wildman–Crippen LogP) is 1.45. The lowest BCUT2D eigenvalue weighted by atomic mass is 9.87. The highest BCUT2D eigenvalue weighted by molar-refractivity contribution is 7.99. The summed E-state index contributed by atoms with van der Waals surface area (Å²) in [6.45, 7) is -0.434. The molecule has 0 saturated carbocycles. The molecule has 7 heteroatoms. The van der Waals surface area contributed by atoms with Gasteiger partial charge in [0, 0.05) is 16.6 Å². The van der Waals surface area contributed by atoms with Crippen molar-refractivity contribution in [2.45, 2.75) is 41.3 Å². The van der Waals surface area contributed by atoms with E-state index in [4.69, 9.17) is 9.47 Å². The summed E-state index contributed by atoms with van der Waals surface area (Å²) < 4.78 is 11.0. The molecule has 1 saturated heterocycles. The van der Waals surface area contributed by atoms with E-state index in [1.165, 1.54) is 10.5 Å². The van der Waals surface area contributed by atoms with Gasteiger partial charge in [-0.25, -0.2) is 0 Å². The maximum atomic E-state index is 10.4. The molecule has 2 aromatic carbocycles. The molecule has 4 N–H and O–H groups in total. The molecular formula is C21H24O6S. The van der Waals surface area contributed by atoms with Crippen LogP contribution >= 0.6 is 11.8 Å². The van der Waals surface area contributed by atoms with Crippen molar-refractivity contribution >= 4 is 11.8 Å². The van der Waals surface area contributed by atoms with Crippen molar-refractivity contribution in [3.8, 4) is 5.75 Å². The second-order valence-electron chi connectivity index (χ2n) is 7.18. The summed E-state index contributed by atoms with van der Waals surface area (Å²) in [5.41, 5.74) is 3.04. The van der Waals surface area contributed by atoms with E-state index in [9.17, 15) is 20.4 Å². The second kappa shape index (κ2) is 8.02. The highest BCUT2D eigenvalue weighted by Gasteiger charge is 2.44. The molecule has 0 aliphatic carbocycles. The second-order valence-corrected chi connectivity index (χ2v) is 8.25. The normalized spacial score (nSPS) is 32.2. The Morgan fingerprint density at radius 2 is 1.71 bits per heavy atom. The lowest BCUT2D eigenvalue weighted by Gasteiger charge is -2.40. The molecule has 0 aromatic heterocycles. The lowest BCUT2D eigenvalue weighted by Crippen LogP contribution is -2.55. The van der Waals surface area contributed by atoms with Gasteiger partial charge in [0.1, 0.15) is 36.3 Å². The van der Waals surface area contributed by atoms with Crippen LogP contribution in [0.4, 0.5) is 0 Å². The molecule has 6 atom stereocenters. The first-order valence-corrected chi connectivity index (χ1v) is 10.2. The van der Waals surface area contributed by atoms with Crippen LogP contribution in [-0.4, -0.2) is 64.3 Å². The van der Waals surface area contributed by atoms with Crippen LogP contribution in [0.3, 0.4) is 0 Å². The zero-order valence-electron chi connectivity index (χ0n) is 15.4. The van der Waals surface area contributed by atoms with Gasteiger partial charge in [-0.15, -0.1) is 11.8 Å². The van der Waals surface area contributed by atoms with Gasteiger partial charge in [-0.2, -0.15) is 0 Å². The number of benzene rings is 2. The van der Waals surface area contributed by atoms with Gasteiger partial charge in [-0.3, -0.25) is 0 Å². The van der Waals surface area contributed by atoms with Gasteiger partial charge in [-0.05, 0) is 34.9 Å². The first kappa shape index (κ1) is 19.7. The molecule has 0 unspecified atom stereocenters. The van der Waals surface area contributed by atoms with Crippen molar-refractivity contribution in [3.05, 3.63) is 59.2 Å². The van der Waals surface area contributed by atoms with Crippen LogP contribution in [0.25, 0.3) is 0 Å². The third-order valence-electron chi connectivity index (χ3n) is 5.55. The minimum Gasteiger partial charge on any atom is -0.497 e. The topological polar surface area (TPSA) is 99.4 Å². The SMILES string of the molecule is COc1ccc([C@@H]2CSc3ccc([C@@H]4O[C@H](CO)[C@@H](O)[C@H](O)[C@H]4O)cc32)cc1. The van der Waals surface area contributed by atoms with Crippen LogP contribution in [-0.2, 0) is 4.74 Å². The van der Waals surface area contributed by atoms with E-state index in [1.807, 2.05) is 30.3 Å². The molecule has 2 aliphatic rings. The third-order valence-corrected chi connectivity index (χ3v) is 6.74. The molecule has 0 spiro atoms. The number of aliphatic hydroxyl groups excluding tert-OH is 4. The van der Waals surface area contributed by atoms with Crippen LogP contribution < -0.4 is 4.74 Å². The Labute approximate surface area is 167 Å². The van der Waals surface area contributed by atoms with E-state index >= 15 is 0 Å². The first-order chi connectivity index (χ1) is 13.5. The van der Waals surface area contributed by atoms with Crippen molar-refractivity contribution in [1.82, 2.24) is 0 Å². The fourth-order valence-electron chi connectivity index (χ4n) is 3.90. The van der Waals surface area contributed by atoms with Gasteiger partial charge in [0.25, 0.3) is 0 Å². The van der Waals surface area contributed by atoms with E-state index in [2.05, 4.69) is 12.1 Å². The zero-order valence-corrected chi connectivity index (χ0v) is 16.2. The van der Waals surface area contributed by atoms with Crippen LogP contribution in [0.1, 0.15) is 28.7 Å². The summed E-state index contributed by atoms with van der Waals surface area (Å²) in [5.74, 6) is 1.93. The van der Waals surface area contributed by atoms with Gasteiger partial charge < -0.3 is 29.9 Å². The number of thioether (sulfide) groups is 1. The summed E-state index contributed by atoms with van der Waals surface area (Å²) in [7, 11) is 1.64. The van der Waals surface area contributed by atoms with Gasteiger partial charge in [0.05, 0.1) is 13.7 Å². The molecule has 2 heterocycles. The Hall–Kier alpha value is -1.61. The maximum Gasteiger partial charge on any atom is 0.118 e. The smallest absolute Gasteiger partial charge is 0.118 e. The standard InChI is InChI=1S/C21H24O6S/c1-26-13-5-2-11(3-6-13)15-10-28-17-7-4-12(8-14(15)17)21-20(25)19(24)18(23)16(9-22)27-21/h2-8,15-16,18-25H,9-10H2,1H3/t15-,16+,18+,19-,20+,21-/m0/s1. The highest BCUT2D eigenvalue weighted by Crippen LogP contribution is 2.45.